The van der Waals surface area contributed by atoms with Crippen LogP contribution in [0.3, 0.4) is 0 Å². The summed E-state index contributed by atoms with van der Waals surface area (Å²) >= 11 is 6.60. The monoisotopic (exact) mass is 689 g/mol. The van der Waals surface area contributed by atoms with Crippen molar-refractivity contribution >= 4 is 39.1 Å². The van der Waals surface area contributed by atoms with Gasteiger partial charge >= 0.3 is 0 Å². The van der Waals surface area contributed by atoms with Crippen molar-refractivity contribution in [3.63, 3.8) is 0 Å². The second kappa shape index (κ2) is 16.0. The number of sulfonamides is 1. The Labute approximate surface area is 287 Å². The molecule has 0 bridgehead atoms. The number of nitrogens with one attached hydrogen (secondary N) is 1. The number of anilines is 1. The second-order valence-electron chi connectivity index (χ2n) is 11.7. The van der Waals surface area contributed by atoms with E-state index in [0.717, 1.165) is 35.6 Å². The molecule has 11 heteroatoms. The predicted molar refractivity (Wildman–Crippen MR) is 187 cm³/mol. The third-order valence-corrected chi connectivity index (χ3v) is 10.7. The molecule has 1 saturated carbocycles. The minimum absolute atomic E-state index is 0.00468. The summed E-state index contributed by atoms with van der Waals surface area (Å²) in [6.07, 6.45) is 4.00. The number of rotatable bonds is 14. The van der Waals surface area contributed by atoms with E-state index in [0.29, 0.717) is 22.1 Å². The van der Waals surface area contributed by atoms with Crippen LogP contribution in [0.25, 0.3) is 0 Å². The maximum atomic E-state index is 14.7. The lowest BCUT2D eigenvalue weighted by atomic mass is 10.0. The van der Waals surface area contributed by atoms with Crippen molar-refractivity contribution < 1.29 is 27.5 Å². The van der Waals surface area contributed by atoms with Crippen LogP contribution in [0.2, 0.25) is 5.02 Å². The van der Waals surface area contributed by atoms with Crippen LogP contribution in [0.5, 0.6) is 11.5 Å². The molecule has 0 heterocycles. The van der Waals surface area contributed by atoms with E-state index < -0.39 is 28.5 Å². The molecular weight excluding hydrogens is 650 g/mol. The van der Waals surface area contributed by atoms with Crippen LogP contribution in [0.4, 0.5) is 5.69 Å². The van der Waals surface area contributed by atoms with E-state index in [1.165, 1.54) is 37.3 Å². The Balaban J connectivity index is 1.59. The average Bonchev–Trinajstić information content (AvgIpc) is 3.62. The zero-order chi connectivity index (χ0) is 34.1. The van der Waals surface area contributed by atoms with Gasteiger partial charge in [0.2, 0.25) is 11.8 Å². The molecule has 4 aromatic carbocycles. The predicted octanol–water partition coefficient (Wildman–Crippen LogP) is 6.25. The van der Waals surface area contributed by atoms with Gasteiger partial charge in [0.25, 0.3) is 10.0 Å². The number of carbonyl (C=O) groups excluding carboxylic acids is 2. The molecule has 1 atom stereocenters. The topological polar surface area (TPSA) is 105 Å². The van der Waals surface area contributed by atoms with E-state index in [4.69, 9.17) is 21.1 Å². The molecule has 0 radical (unpaired) electrons. The molecule has 0 unspecified atom stereocenters. The van der Waals surface area contributed by atoms with Gasteiger partial charge in [0.1, 0.15) is 12.6 Å². The van der Waals surface area contributed by atoms with Crippen LogP contribution in [0, 0.1) is 0 Å². The number of methoxy groups -OCH3 is 2. The van der Waals surface area contributed by atoms with E-state index in [9.17, 15) is 18.0 Å². The zero-order valence-electron chi connectivity index (χ0n) is 27.0. The van der Waals surface area contributed by atoms with Crippen LogP contribution in [0.15, 0.2) is 108 Å². The molecule has 0 aromatic heterocycles. The highest BCUT2D eigenvalue weighted by molar-refractivity contribution is 7.92. The standard InChI is InChI=1S/C37H40ClN3O6S/c1-46-34-22-21-30(24-35(34)47-2)41(48(44,45)31-18-7-4-8-19-31)26-36(42)40(25-28-15-9-12-20-32(28)38)33(23-27-13-5-3-6-14-27)37(43)39-29-16-10-11-17-29/h3-9,12-15,18-22,24,29,33H,10-11,16-17,23,25-26H2,1-2H3,(H,39,43)/t33-/m1/s1. The molecule has 1 aliphatic carbocycles. The smallest absolute Gasteiger partial charge is 0.264 e. The highest BCUT2D eigenvalue weighted by Crippen LogP contribution is 2.34. The summed E-state index contributed by atoms with van der Waals surface area (Å²) in [7, 11) is -1.34. The fourth-order valence-corrected chi connectivity index (χ4v) is 7.58. The number of nitrogens with zero attached hydrogens (tertiary/aromatic N) is 2. The third kappa shape index (κ3) is 8.29. The fraction of sp³-hybridized carbons (Fsp3) is 0.297. The molecule has 4 aromatic rings. The van der Waals surface area contributed by atoms with Gasteiger partial charge in [-0.15, -0.1) is 0 Å². The number of hydrogen-bond acceptors (Lipinski definition) is 6. The zero-order valence-corrected chi connectivity index (χ0v) is 28.6. The molecule has 252 valence electrons. The molecule has 1 aliphatic rings. The molecule has 0 spiro atoms. The van der Waals surface area contributed by atoms with Crippen LogP contribution in [-0.4, -0.2) is 58.0 Å². The number of amides is 2. The van der Waals surface area contributed by atoms with Crippen molar-refractivity contribution in [2.24, 2.45) is 0 Å². The molecular formula is C37H40ClN3O6S. The van der Waals surface area contributed by atoms with Gasteiger partial charge in [-0.05, 0) is 54.3 Å². The van der Waals surface area contributed by atoms with E-state index in [1.54, 1.807) is 48.5 Å². The first-order valence-electron chi connectivity index (χ1n) is 15.9. The van der Waals surface area contributed by atoms with Crippen molar-refractivity contribution in [1.82, 2.24) is 10.2 Å². The van der Waals surface area contributed by atoms with Gasteiger partial charge in [0, 0.05) is 30.1 Å². The first kappa shape index (κ1) is 34.8. The van der Waals surface area contributed by atoms with Gasteiger partial charge in [-0.2, -0.15) is 0 Å². The maximum absolute atomic E-state index is 14.7. The number of halogens is 1. The Morgan fingerprint density at radius 1 is 0.854 bits per heavy atom. The van der Waals surface area contributed by atoms with Crippen molar-refractivity contribution in [3.8, 4) is 11.5 Å². The van der Waals surface area contributed by atoms with Crippen molar-refractivity contribution in [2.75, 3.05) is 25.1 Å². The van der Waals surface area contributed by atoms with Crippen LogP contribution >= 0.6 is 11.6 Å². The maximum Gasteiger partial charge on any atom is 0.264 e. The lowest BCUT2D eigenvalue weighted by Crippen LogP contribution is -2.54. The molecule has 1 fully saturated rings. The Morgan fingerprint density at radius 3 is 2.12 bits per heavy atom. The van der Waals surface area contributed by atoms with Crippen LogP contribution < -0.4 is 19.1 Å². The Morgan fingerprint density at radius 2 is 1.48 bits per heavy atom. The van der Waals surface area contributed by atoms with Crippen molar-refractivity contribution in [3.05, 3.63) is 119 Å². The summed E-state index contributed by atoms with van der Waals surface area (Å²) in [5.74, 6) is -0.181. The number of ether oxygens (including phenoxy) is 2. The molecule has 5 rings (SSSR count). The second-order valence-corrected chi connectivity index (χ2v) is 13.9. The van der Waals surface area contributed by atoms with E-state index in [-0.39, 0.29) is 35.5 Å². The van der Waals surface area contributed by atoms with Crippen LogP contribution in [-0.2, 0) is 32.6 Å². The lowest BCUT2D eigenvalue weighted by molar-refractivity contribution is -0.140. The number of benzene rings is 4. The summed E-state index contributed by atoms with van der Waals surface area (Å²) < 4.78 is 40.4. The van der Waals surface area contributed by atoms with Crippen molar-refractivity contribution in [1.29, 1.82) is 0 Å². The quantitative estimate of drug-likeness (QED) is 0.168. The highest BCUT2D eigenvalue weighted by atomic mass is 35.5. The summed E-state index contributed by atoms with van der Waals surface area (Å²) in [4.78, 5) is 30.3. The van der Waals surface area contributed by atoms with E-state index >= 15 is 0 Å². The van der Waals surface area contributed by atoms with Gasteiger partial charge in [-0.1, -0.05) is 91.2 Å². The molecule has 0 aliphatic heterocycles. The summed E-state index contributed by atoms with van der Waals surface area (Å²) in [6.45, 7) is -0.613. The average molecular weight is 690 g/mol. The molecule has 1 N–H and O–H groups in total. The SMILES string of the molecule is COc1ccc(N(CC(=O)N(Cc2ccccc2Cl)[C@H](Cc2ccccc2)C(=O)NC2CCCC2)S(=O)(=O)c2ccccc2)cc1OC. The van der Waals surface area contributed by atoms with Crippen molar-refractivity contribution in [2.45, 2.75) is 55.6 Å². The molecule has 0 saturated heterocycles. The first-order chi connectivity index (χ1) is 23.2. The molecule has 9 nitrogen and oxygen atoms in total. The van der Waals surface area contributed by atoms with Gasteiger partial charge in [0.15, 0.2) is 11.5 Å². The highest BCUT2D eigenvalue weighted by Gasteiger charge is 2.36. The number of hydrogen-bond donors (Lipinski definition) is 1. The van der Waals surface area contributed by atoms with E-state index in [2.05, 4.69) is 5.32 Å². The Bertz CT molecular complexity index is 1800. The molecule has 48 heavy (non-hydrogen) atoms. The largest absolute Gasteiger partial charge is 0.493 e. The third-order valence-electron chi connectivity index (χ3n) is 8.54. The van der Waals surface area contributed by atoms with E-state index in [1.807, 2.05) is 36.4 Å². The molecule has 2 amide bonds. The minimum atomic E-state index is -4.27. The fourth-order valence-electron chi connectivity index (χ4n) is 5.96. The lowest BCUT2D eigenvalue weighted by Gasteiger charge is -2.34. The summed E-state index contributed by atoms with van der Waals surface area (Å²) in [5.41, 5.74) is 1.68. The summed E-state index contributed by atoms with van der Waals surface area (Å²) in [5, 5.41) is 3.60. The Hall–Kier alpha value is -4.54. The Kier molecular flexibility index (Phi) is 11.6. The van der Waals surface area contributed by atoms with Gasteiger partial charge in [0.05, 0.1) is 24.8 Å². The van der Waals surface area contributed by atoms with Crippen LogP contribution in [0.1, 0.15) is 36.8 Å². The first-order valence-corrected chi connectivity index (χ1v) is 17.7. The summed E-state index contributed by atoms with van der Waals surface area (Å²) in [6, 6.07) is 28.2. The number of carbonyl (C=O) groups is 2. The minimum Gasteiger partial charge on any atom is -0.493 e. The van der Waals surface area contributed by atoms with Gasteiger partial charge in [-0.25, -0.2) is 8.42 Å². The normalized spacial score (nSPS) is 13.8. The van der Waals surface area contributed by atoms with Gasteiger partial charge < -0.3 is 19.7 Å². The van der Waals surface area contributed by atoms with Gasteiger partial charge in [-0.3, -0.25) is 13.9 Å².